The first-order valence-electron chi connectivity index (χ1n) is 7.94. The Hall–Kier alpha value is -1.16. The van der Waals surface area contributed by atoms with Crippen molar-refractivity contribution in [3.63, 3.8) is 0 Å². The van der Waals surface area contributed by atoms with Crippen molar-refractivity contribution in [1.82, 2.24) is 9.21 Å². The zero-order valence-corrected chi connectivity index (χ0v) is 15.9. The molecule has 138 valence electrons. The summed E-state index contributed by atoms with van der Waals surface area (Å²) in [5.41, 5.74) is 0. The van der Waals surface area contributed by atoms with E-state index in [4.69, 9.17) is 11.6 Å². The number of hydrogen-bond acceptors (Lipinski definition) is 5. The summed E-state index contributed by atoms with van der Waals surface area (Å²) in [6, 6.07) is 6.07. The molecule has 2 aliphatic heterocycles. The average Bonchev–Trinajstić information content (AvgIpc) is 2.94. The van der Waals surface area contributed by atoms with Gasteiger partial charge in [0.15, 0.2) is 9.84 Å². The first-order chi connectivity index (χ1) is 11.7. The number of rotatable bonds is 3. The summed E-state index contributed by atoms with van der Waals surface area (Å²) in [6.45, 7) is 0.879. The standard InChI is InChI=1S/C15H19ClN2O5S2/c16-13-2-1-3-14(10-13)25(22,23)18-7-5-17(6-8-18)15(19)12-4-9-24(20,21)11-12/h1-3,10,12H,4-9,11H2/t12-/m1/s1. The molecule has 7 nitrogen and oxygen atoms in total. The van der Waals surface area contributed by atoms with Crippen LogP contribution in [0.3, 0.4) is 0 Å². The van der Waals surface area contributed by atoms with Crippen LogP contribution in [0.15, 0.2) is 29.2 Å². The van der Waals surface area contributed by atoms with Crippen molar-refractivity contribution in [2.24, 2.45) is 5.92 Å². The minimum Gasteiger partial charge on any atom is -0.340 e. The van der Waals surface area contributed by atoms with E-state index in [1.807, 2.05) is 0 Å². The van der Waals surface area contributed by atoms with Gasteiger partial charge >= 0.3 is 0 Å². The topological polar surface area (TPSA) is 91.8 Å². The van der Waals surface area contributed by atoms with Gasteiger partial charge in [-0.3, -0.25) is 4.79 Å². The van der Waals surface area contributed by atoms with E-state index in [0.717, 1.165) is 0 Å². The Morgan fingerprint density at radius 3 is 2.40 bits per heavy atom. The van der Waals surface area contributed by atoms with Crippen LogP contribution < -0.4 is 0 Å². The molecular weight excluding hydrogens is 388 g/mol. The maximum Gasteiger partial charge on any atom is 0.243 e. The van der Waals surface area contributed by atoms with Gasteiger partial charge in [-0.2, -0.15) is 4.31 Å². The highest BCUT2D eigenvalue weighted by Crippen LogP contribution is 2.24. The molecule has 0 aliphatic carbocycles. The Balaban J connectivity index is 1.65. The normalized spacial score (nSPS) is 24.4. The van der Waals surface area contributed by atoms with E-state index >= 15 is 0 Å². The van der Waals surface area contributed by atoms with Crippen LogP contribution in [0.1, 0.15) is 6.42 Å². The van der Waals surface area contributed by atoms with Crippen LogP contribution in [0.4, 0.5) is 0 Å². The maximum absolute atomic E-state index is 12.6. The molecule has 1 aromatic carbocycles. The van der Waals surface area contributed by atoms with Crippen LogP contribution >= 0.6 is 11.6 Å². The van der Waals surface area contributed by atoms with E-state index in [0.29, 0.717) is 11.4 Å². The van der Waals surface area contributed by atoms with Crippen molar-refractivity contribution in [3.05, 3.63) is 29.3 Å². The Morgan fingerprint density at radius 2 is 1.84 bits per heavy atom. The molecule has 2 fully saturated rings. The van der Waals surface area contributed by atoms with Crippen molar-refractivity contribution in [2.75, 3.05) is 37.7 Å². The molecule has 0 radical (unpaired) electrons. The highest BCUT2D eigenvalue weighted by atomic mass is 35.5. The van der Waals surface area contributed by atoms with E-state index in [9.17, 15) is 21.6 Å². The zero-order valence-electron chi connectivity index (χ0n) is 13.5. The lowest BCUT2D eigenvalue weighted by molar-refractivity contribution is -0.135. The Labute approximate surface area is 152 Å². The van der Waals surface area contributed by atoms with Crippen molar-refractivity contribution in [3.8, 4) is 0 Å². The number of sulfonamides is 1. The Bertz CT molecular complexity index is 877. The second-order valence-corrected chi connectivity index (χ2v) is 10.9. The van der Waals surface area contributed by atoms with Gasteiger partial charge in [-0.25, -0.2) is 16.8 Å². The van der Waals surface area contributed by atoms with Gasteiger partial charge < -0.3 is 4.90 Å². The molecule has 0 bridgehead atoms. The van der Waals surface area contributed by atoms with E-state index in [1.165, 1.54) is 16.4 Å². The SMILES string of the molecule is O=C([C@@H]1CCS(=O)(=O)C1)N1CCN(S(=O)(=O)c2cccc(Cl)c2)CC1. The third-order valence-electron chi connectivity index (χ3n) is 4.57. The maximum atomic E-state index is 12.6. The molecule has 0 unspecified atom stereocenters. The highest BCUT2D eigenvalue weighted by molar-refractivity contribution is 7.91. The molecule has 1 aromatic rings. The molecule has 0 aromatic heterocycles. The summed E-state index contributed by atoms with van der Waals surface area (Å²) in [7, 11) is -6.78. The van der Waals surface area contributed by atoms with E-state index < -0.39 is 25.8 Å². The average molecular weight is 407 g/mol. The predicted molar refractivity (Wildman–Crippen MR) is 93.6 cm³/mol. The summed E-state index contributed by atoms with van der Waals surface area (Å²) in [6.07, 6.45) is 0.349. The number of amides is 1. The Kier molecular flexibility index (Phi) is 5.11. The number of hydrogen-bond donors (Lipinski definition) is 0. The van der Waals surface area contributed by atoms with Gasteiger partial charge in [0, 0.05) is 31.2 Å². The predicted octanol–water partition coefficient (Wildman–Crippen LogP) is 0.608. The summed E-state index contributed by atoms with van der Waals surface area (Å²) in [5, 5.41) is 0.345. The van der Waals surface area contributed by atoms with Crippen LogP contribution in [0.5, 0.6) is 0 Å². The van der Waals surface area contributed by atoms with Gasteiger partial charge in [-0.05, 0) is 24.6 Å². The molecule has 10 heteroatoms. The molecule has 0 saturated carbocycles. The molecule has 2 saturated heterocycles. The number of carbonyl (C=O) groups excluding carboxylic acids is 1. The molecular formula is C15H19ClN2O5S2. The quantitative estimate of drug-likeness (QED) is 0.733. The van der Waals surface area contributed by atoms with Gasteiger partial charge in [-0.15, -0.1) is 0 Å². The summed E-state index contributed by atoms with van der Waals surface area (Å²) in [4.78, 5) is 14.1. The number of nitrogens with zero attached hydrogens (tertiary/aromatic N) is 2. The van der Waals surface area contributed by atoms with E-state index in [2.05, 4.69) is 0 Å². The van der Waals surface area contributed by atoms with Crippen molar-refractivity contribution in [1.29, 1.82) is 0 Å². The van der Waals surface area contributed by atoms with E-state index in [-0.39, 0.29) is 48.5 Å². The minimum atomic E-state index is -3.66. The molecule has 2 heterocycles. The number of sulfone groups is 1. The number of halogens is 1. The molecule has 25 heavy (non-hydrogen) atoms. The summed E-state index contributed by atoms with van der Waals surface area (Å²) in [5.74, 6) is -0.749. The first kappa shape index (κ1) is 18.6. The molecule has 0 N–H and O–H groups in total. The van der Waals surface area contributed by atoms with Crippen LogP contribution in [-0.2, 0) is 24.7 Å². The highest BCUT2D eigenvalue weighted by Gasteiger charge is 2.37. The smallest absolute Gasteiger partial charge is 0.243 e. The fourth-order valence-corrected chi connectivity index (χ4v) is 6.63. The molecule has 1 amide bonds. The molecule has 3 rings (SSSR count). The van der Waals surface area contributed by atoms with Gasteiger partial charge in [-0.1, -0.05) is 17.7 Å². The monoisotopic (exact) mass is 406 g/mol. The van der Waals surface area contributed by atoms with Crippen LogP contribution in [0.2, 0.25) is 5.02 Å². The van der Waals surface area contributed by atoms with Gasteiger partial charge in [0.05, 0.1) is 22.3 Å². The minimum absolute atomic E-state index is 0.0481. The number of carbonyl (C=O) groups is 1. The second-order valence-electron chi connectivity index (χ2n) is 6.29. The first-order valence-corrected chi connectivity index (χ1v) is 11.6. The lowest BCUT2D eigenvalue weighted by Gasteiger charge is -2.35. The molecule has 2 aliphatic rings. The third-order valence-corrected chi connectivity index (χ3v) is 8.46. The number of piperazine rings is 1. The molecule has 0 spiro atoms. The second kappa shape index (κ2) is 6.86. The fourth-order valence-electron chi connectivity index (χ4n) is 3.17. The van der Waals surface area contributed by atoms with Crippen molar-refractivity contribution < 1.29 is 21.6 Å². The van der Waals surface area contributed by atoms with Crippen LogP contribution in [0.25, 0.3) is 0 Å². The Morgan fingerprint density at radius 1 is 1.16 bits per heavy atom. The largest absolute Gasteiger partial charge is 0.340 e. The van der Waals surface area contributed by atoms with Gasteiger partial charge in [0.25, 0.3) is 0 Å². The molecule has 1 atom stereocenters. The number of benzene rings is 1. The van der Waals surface area contributed by atoms with E-state index in [1.54, 1.807) is 17.0 Å². The zero-order chi connectivity index (χ0) is 18.2. The van der Waals surface area contributed by atoms with Gasteiger partial charge in [0.2, 0.25) is 15.9 Å². The lowest BCUT2D eigenvalue weighted by atomic mass is 10.1. The van der Waals surface area contributed by atoms with Crippen LogP contribution in [0, 0.1) is 5.92 Å². The lowest BCUT2D eigenvalue weighted by Crippen LogP contribution is -2.52. The van der Waals surface area contributed by atoms with Gasteiger partial charge in [0.1, 0.15) is 0 Å². The summed E-state index contributed by atoms with van der Waals surface area (Å²) >= 11 is 5.87. The van der Waals surface area contributed by atoms with Crippen molar-refractivity contribution >= 4 is 37.4 Å². The third kappa shape index (κ3) is 3.99. The van der Waals surface area contributed by atoms with Crippen LogP contribution in [-0.4, -0.2) is 69.6 Å². The summed E-state index contributed by atoms with van der Waals surface area (Å²) < 4.78 is 49.7. The van der Waals surface area contributed by atoms with Crippen molar-refractivity contribution in [2.45, 2.75) is 11.3 Å². The fraction of sp³-hybridized carbons (Fsp3) is 0.533.